The van der Waals surface area contributed by atoms with Crippen molar-refractivity contribution in [2.24, 2.45) is 5.92 Å². The maximum absolute atomic E-state index is 12.5. The second-order valence-electron chi connectivity index (χ2n) is 6.50. The number of benzene rings is 1. The largest absolute Gasteiger partial charge is 0.465 e. The van der Waals surface area contributed by atoms with Gasteiger partial charge in [0, 0.05) is 24.7 Å². The van der Waals surface area contributed by atoms with E-state index in [9.17, 15) is 9.59 Å². The van der Waals surface area contributed by atoms with Crippen LogP contribution in [0.5, 0.6) is 0 Å². The highest BCUT2D eigenvalue weighted by atomic mass is 16.7. The van der Waals surface area contributed by atoms with Crippen LogP contribution in [0, 0.1) is 5.92 Å². The van der Waals surface area contributed by atoms with E-state index in [1.165, 1.54) is 7.11 Å². The number of methoxy groups -OCH3 is 1. The van der Waals surface area contributed by atoms with Crippen molar-refractivity contribution in [3.8, 4) is 0 Å². The highest BCUT2D eigenvalue weighted by molar-refractivity contribution is 5.92. The number of carbonyl (C=O) groups is 2. The Morgan fingerprint density at radius 2 is 1.92 bits per heavy atom. The molecular formula is C18H24N2O5. The first-order valence-electron chi connectivity index (χ1n) is 8.54. The van der Waals surface area contributed by atoms with Crippen LogP contribution in [-0.2, 0) is 14.2 Å². The summed E-state index contributed by atoms with van der Waals surface area (Å²) in [4.78, 5) is 25.8. The number of amides is 2. The van der Waals surface area contributed by atoms with Crippen molar-refractivity contribution >= 4 is 17.7 Å². The van der Waals surface area contributed by atoms with Gasteiger partial charge in [-0.15, -0.1) is 0 Å². The number of esters is 1. The predicted octanol–water partition coefficient (Wildman–Crippen LogP) is 2.48. The van der Waals surface area contributed by atoms with Gasteiger partial charge >= 0.3 is 12.0 Å². The minimum absolute atomic E-state index is 0.155. The second-order valence-corrected chi connectivity index (χ2v) is 6.50. The van der Waals surface area contributed by atoms with Crippen LogP contribution in [0.2, 0.25) is 0 Å². The van der Waals surface area contributed by atoms with Crippen molar-refractivity contribution in [2.45, 2.75) is 25.6 Å². The fourth-order valence-corrected chi connectivity index (χ4v) is 3.37. The van der Waals surface area contributed by atoms with E-state index in [1.54, 1.807) is 29.2 Å². The van der Waals surface area contributed by atoms with Crippen LogP contribution in [0.25, 0.3) is 0 Å². The Labute approximate surface area is 147 Å². The van der Waals surface area contributed by atoms with Gasteiger partial charge in [0.15, 0.2) is 5.79 Å². The van der Waals surface area contributed by atoms with Gasteiger partial charge in [0.25, 0.3) is 0 Å². The molecule has 1 atom stereocenters. The van der Waals surface area contributed by atoms with Crippen LogP contribution in [0.1, 0.15) is 30.1 Å². The summed E-state index contributed by atoms with van der Waals surface area (Å²) in [5.74, 6) is -0.834. The minimum Gasteiger partial charge on any atom is -0.465 e. The summed E-state index contributed by atoms with van der Waals surface area (Å²) in [6.45, 7) is 4.47. The quantitative estimate of drug-likeness (QED) is 0.849. The Bertz CT molecular complexity index is 625. The molecule has 1 aromatic carbocycles. The van der Waals surface area contributed by atoms with Crippen molar-refractivity contribution in [2.75, 3.05) is 38.7 Å². The minimum atomic E-state index is -0.596. The summed E-state index contributed by atoms with van der Waals surface area (Å²) >= 11 is 0. The molecule has 7 nitrogen and oxygen atoms in total. The molecule has 0 spiro atoms. The average Bonchev–Trinajstić information content (AvgIpc) is 3.10. The summed E-state index contributed by atoms with van der Waals surface area (Å²) in [7, 11) is 1.34. The lowest BCUT2D eigenvalue weighted by molar-refractivity contribution is -0.189. The molecule has 2 heterocycles. The lowest BCUT2D eigenvalue weighted by atomic mass is 9.90. The highest BCUT2D eigenvalue weighted by Crippen LogP contribution is 2.34. The summed E-state index contributed by atoms with van der Waals surface area (Å²) in [5, 5.41) is 2.87. The van der Waals surface area contributed by atoms with Crippen molar-refractivity contribution in [1.29, 1.82) is 0 Å². The maximum atomic E-state index is 12.5. The number of ether oxygens (including phenoxy) is 3. The molecule has 0 radical (unpaired) electrons. The van der Waals surface area contributed by atoms with E-state index < -0.39 is 11.8 Å². The van der Waals surface area contributed by atoms with Crippen LogP contribution >= 0.6 is 0 Å². The zero-order valence-electron chi connectivity index (χ0n) is 14.6. The fraction of sp³-hybridized carbons (Fsp3) is 0.556. The van der Waals surface area contributed by atoms with Crippen molar-refractivity contribution < 1.29 is 23.8 Å². The van der Waals surface area contributed by atoms with Crippen molar-refractivity contribution in [1.82, 2.24) is 4.90 Å². The van der Waals surface area contributed by atoms with Crippen LogP contribution < -0.4 is 5.32 Å². The molecule has 1 N–H and O–H groups in total. The zero-order valence-corrected chi connectivity index (χ0v) is 14.6. The number of likely N-dealkylation sites (tertiary alicyclic amines) is 1. The number of rotatable bonds is 3. The van der Waals surface area contributed by atoms with E-state index >= 15 is 0 Å². The van der Waals surface area contributed by atoms with E-state index in [1.807, 2.05) is 6.92 Å². The first-order valence-corrected chi connectivity index (χ1v) is 8.54. The second kappa shape index (κ2) is 7.41. The first-order chi connectivity index (χ1) is 12.0. The van der Waals surface area contributed by atoms with E-state index in [-0.39, 0.29) is 11.9 Å². The van der Waals surface area contributed by atoms with E-state index in [0.29, 0.717) is 37.6 Å². The molecule has 0 aliphatic carbocycles. The Kier molecular flexibility index (Phi) is 5.24. The molecular weight excluding hydrogens is 324 g/mol. The first kappa shape index (κ1) is 17.7. The number of anilines is 1. The number of hydrogen-bond donors (Lipinski definition) is 1. The molecule has 0 aromatic heterocycles. The van der Waals surface area contributed by atoms with Crippen LogP contribution in [0.3, 0.4) is 0 Å². The van der Waals surface area contributed by atoms with Gasteiger partial charge in [0.1, 0.15) is 0 Å². The molecule has 0 saturated carbocycles. The van der Waals surface area contributed by atoms with E-state index in [0.717, 1.165) is 12.8 Å². The van der Waals surface area contributed by atoms with Crippen molar-refractivity contribution in [3.63, 3.8) is 0 Å². The monoisotopic (exact) mass is 348 g/mol. The Hall–Kier alpha value is -2.12. The maximum Gasteiger partial charge on any atom is 0.337 e. The standard InChI is InChI=1S/C18H24N2O5/c1-18(24-10-11-25-18)14-4-3-9-20(12-14)17(22)19-15-7-5-13(6-8-15)16(21)23-2/h5-8,14H,3-4,9-12H2,1-2H3,(H,19,22)/t14-/m1/s1. The lowest BCUT2D eigenvalue weighted by Crippen LogP contribution is -2.49. The summed E-state index contributed by atoms with van der Waals surface area (Å²) < 4.78 is 16.2. The average molecular weight is 348 g/mol. The third kappa shape index (κ3) is 3.93. The molecule has 0 unspecified atom stereocenters. The molecule has 0 bridgehead atoms. The zero-order chi connectivity index (χ0) is 17.9. The Morgan fingerprint density at radius 3 is 2.56 bits per heavy atom. The van der Waals surface area contributed by atoms with Crippen LogP contribution in [-0.4, -0.2) is 56.1 Å². The number of piperidine rings is 1. The van der Waals surface area contributed by atoms with Crippen molar-refractivity contribution in [3.05, 3.63) is 29.8 Å². The molecule has 2 amide bonds. The topological polar surface area (TPSA) is 77.1 Å². The molecule has 1 aromatic rings. The number of urea groups is 1. The van der Waals surface area contributed by atoms with Gasteiger partial charge in [-0.2, -0.15) is 0 Å². The van der Waals surface area contributed by atoms with Crippen LogP contribution in [0.4, 0.5) is 10.5 Å². The molecule has 3 rings (SSSR count). The van der Waals surface area contributed by atoms with Gasteiger partial charge < -0.3 is 24.4 Å². The molecule has 25 heavy (non-hydrogen) atoms. The molecule has 7 heteroatoms. The highest BCUT2D eigenvalue weighted by Gasteiger charge is 2.42. The number of hydrogen-bond acceptors (Lipinski definition) is 5. The normalized spacial score (nSPS) is 22.5. The van der Waals surface area contributed by atoms with Gasteiger partial charge in [-0.1, -0.05) is 0 Å². The number of nitrogens with one attached hydrogen (secondary N) is 1. The summed E-state index contributed by atoms with van der Waals surface area (Å²) in [6.07, 6.45) is 1.90. The van der Waals surface area contributed by atoms with Gasteiger partial charge in [0.05, 0.1) is 25.9 Å². The molecule has 2 aliphatic heterocycles. The Morgan fingerprint density at radius 1 is 1.24 bits per heavy atom. The molecule has 136 valence electrons. The molecule has 2 fully saturated rings. The Balaban J connectivity index is 1.60. The van der Waals surface area contributed by atoms with Gasteiger partial charge in [-0.3, -0.25) is 0 Å². The lowest BCUT2D eigenvalue weighted by Gasteiger charge is -2.39. The summed E-state index contributed by atoms with van der Waals surface area (Å²) in [5.41, 5.74) is 1.08. The van der Waals surface area contributed by atoms with Crippen LogP contribution in [0.15, 0.2) is 24.3 Å². The summed E-state index contributed by atoms with van der Waals surface area (Å²) in [6, 6.07) is 6.48. The predicted molar refractivity (Wildman–Crippen MR) is 91.4 cm³/mol. The fourth-order valence-electron chi connectivity index (χ4n) is 3.37. The van der Waals surface area contributed by atoms with Gasteiger partial charge in [-0.05, 0) is 44.0 Å². The third-order valence-corrected chi connectivity index (χ3v) is 4.87. The molecule has 2 aliphatic rings. The third-order valence-electron chi connectivity index (χ3n) is 4.87. The van der Waals surface area contributed by atoms with E-state index in [4.69, 9.17) is 9.47 Å². The number of carbonyl (C=O) groups excluding carboxylic acids is 2. The van der Waals surface area contributed by atoms with Gasteiger partial charge in [0.2, 0.25) is 0 Å². The number of nitrogens with zero attached hydrogens (tertiary/aromatic N) is 1. The SMILES string of the molecule is COC(=O)c1ccc(NC(=O)N2CCC[C@@H](C3(C)OCCO3)C2)cc1. The van der Waals surface area contributed by atoms with Gasteiger partial charge in [-0.25, -0.2) is 9.59 Å². The van der Waals surface area contributed by atoms with E-state index in [2.05, 4.69) is 10.1 Å². The smallest absolute Gasteiger partial charge is 0.337 e. The molecule has 2 saturated heterocycles.